The van der Waals surface area contributed by atoms with Crippen molar-refractivity contribution in [3.8, 4) is 0 Å². The van der Waals surface area contributed by atoms with E-state index in [1.165, 1.54) is 0 Å². The summed E-state index contributed by atoms with van der Waals surface area (Å²) in [6.45, 7) is 3.20. The van der Waals surface area contributed by atoms with E-state index in [-0.39, 0.29) is 29.3 Å². The number of carbonyl (C=O) groups excluding carboxylic acids is 2. The largest absolute Gasteiger partial charge is 0.450 e. The SMILES string of the molecule is CCOC(=O)N1CCC(NC(=O)c2cc3ccccc3c(=O)[nH]2)CC1. The van der Waals surface area contributed by atoms with E-state index in [1.807, 2.05) is 6.07 Å². The number of amides is 2. The molecule has 1 saturated heterocycles. The Labute approximate surface area is 145 Å². The van der Waals surface area contributed by atoms with Crippen molar-refractivity contribution >= 4 is 22.8 Å². The smallest absolute Gasteiger partial charge is 0.409 e. The number of pyridine rings is 1. The number of H-pyrrole nitrogens is 1. The van der Waals surface area contributed by atoms with Gasteiger partial charge < -0.3 is 19.9 Å². The third-order valence-corrected chi connectivity index (χ3v) is 4.35. The van der Waals surface area contributed by atoms with Gasteiger partial charge in [0.2, 0.25) is 0 Å². The summed E-state index contributed by atoms with van der Waals surface area (Å²) >= 11 is 0. The van der Waals surface area contributed by atoms with E-state index in [0.29, 0.717) is 37.9 Å². The maximum Gasteiger partial charge on any atom is 0.409 e. The highest BCUT2D eigenvalue weighted by molar-refractivity contribution is 5.96. The Morgan fingerprint density at radius 1 is 1.28 bits per heavy atom. The topological polar surface area (TPSA) is 91.5 Å². The number of carbonyl (C=O) groups is 2. The third-order valence-electron chi connectivity index (χ3n) is 4.35. The van der Waals surface area contributed by atoms with E-state index in [0.717, 1.165) is 5.39 Å². The van der Waals surface area contributed by atoms with Gasteiger partial charge in [-0.2, -0.15) is 0 Å². The van der Waals surface area contributed by atoms with Gasteiger partial charge in [-0.25, -0.2) is 4.79 Å². The molecular weight excluding hydrogens is 322 g/mol. The van der Waals surface area contributed by atoms with Crippen LogP contribution < -0.4 is 10.9 Å². The van der Waals surface area contributed by atoms with Gasteiger partial charge in [0.25, 0.3) is 11.5 Å². The van der Waals surface area contributed by atoms with Crippen LogP contribution in [-0.2, 0) is 4.74 Å². The zero-order valence-corrected chi connectivity index (χ0v) is 14.1. The van der Waals surface area contributed by atoms with Crippen molar-refractivity contribution < 1.29 is 14.3 Å². The molecule has 0 saturated carbocycles. The van der Waals surface area contributed by atoms with Crippen molar-refractivity contribution in [1.29, 1.82) is 0 Å². The molecule has 1 aromatic heterocycles. The lowest BCUT2D eigenvalue weighted by Crippen LogP contribution is -2.47. The molecule has 132 valence electrons. The number of aromatic nitrogens is 1. The maximum absolute atomic E-state index is 12.4. The first-order chi connectivity index (χ1) is 12.1. The number of rotatable bonds is 3. The Morgan fingerprint density at radius 3 is 2.72 bits per heavy atom. The molecule has 3 rings (SSSR count). The minimum Gasteiger partial charge on any atom is -0.450 e. The van der Waals surface area contributed by atoms with Crippen LogP contribution in [0.15, 0.2) is 35.1 Å². The third kappa shape index (κ3) is 3.81. The average molecular weight is 343 g/mol. The quantitative estimate of drug-likeness (QED) is 0.890. The molecule has 0 atom stereocenters. The van der Waals surface area contributed by atoms with Gasteiger partial charge in [-0.1, -0.05) is 18.2 Å². The van der Waals surface area contributed by atoms with Crippen molar-refractivity contribution in [2.75, 3.05) is 19.7 Å². The van der Waals surface area contributed by atoms with E-state index < -0.39 is 0 Å². The Kier molecular flexibility index (Phi) is 5.02. The fraction of sp³-hybridized carbons (Fsp3) is 0.389. The molecule has 0 radical (unpaired) electrons. The van der Waals surface area contributed by atoms with Crippen molar-refractivity contribution in [3.05, 3.63) is 46.4 Å². The molecule has 0 unspecified atom stereocenters. The molecule has 0 spiro atoms. The molecule has 0 aliphatic carbocycles. The van der Waals surface area contributed by atoms with Crippen LogP contribution in [0.25, 0.3) is 10.8 Å². The standard InChI is InChI=1S/C18H21N3O4/c1-2-25-18(24)21-9-7-13(8-10-21)19-17(23)15-11-12-5-3-4-6-14(12)16(22)20-15/h3-6,11,13H,2,7-10H2,1H3,(H,19,23)(H,20,22). The first-order valence-electron chi connectivity index (χ1n) is 8.43. The normalized spacial score (nSPS) is 15.2. The van der Waals surface area contributed by atoms with E-state index >= 15 is 0 Å². The van der Waals surface area contributed by atoms with Crippen LogP contribution in [0, 0.1) is 0 Å². The van der Waals surface area contributed by atoms with Gasteiger partial charge in [-0.3, -0.25) is 9.59 Å². The molecule has 25 heavy (non-hydrogen) atoms. The van der Waals surface area contributed by atoms with Gasteiger partial charge in [-0.05, 0) is 37.3 Å². The van der Waals surface area contributed by atoms with Crippen molar-refractivity contribution in [2.24, 2.45) is 0 Å². The van der Waals surface area contributed by atoms with Crippen LogP contribution >= 0.6 is 0 Å². The molecule has 1 fully saturated rings. The van der Waals surface area contributed by atoms with Crippen molar-refractivity contribution in [3.63, 3.8) is 0 Å². The molecule has 7 heteroatoms. The Balaban J connectivity index is 1.64. The monoisotopic (exact) mass is 343 g/mol. The predicted octanol–water partition coefficient (Wildman–Crippen LogP) is 1.88. The highest BCUT2D eigenvalue weighted by atomic mass is 16.6. The summed E-state index contributed by atoms with van der Waals surface area (Å²) < 4.78 is 4.98. The highest BCUT2D eigenvalue weighted by Crippen LogP contribution is 2.13. The number of hydrogen-bond acceptors (Lipinski definition) is 4. The minimum atomic E-state index is -0.314. The lowest BCUT2D eigenvalue weighted by atomic mass is 10.0. The molecule has 2 amide bonds. The maximum atomic E-state index is 12.4. The summed E-state index contributed by atoms with van der Waals surface area (Å²) in [5.41, 5.74) is -0.0306. The van der Waals surface area contributed by atoms with Crippen LogP contribution in [-0.4, -0.2) is 47.6 Å². The Morgan fingerprint density at radius 2 is 2.00 bits per heavy atom. The lowest BCUT2D eigenvalue weighted by molar-refractivity contribution is 0.0856. The lowest BCUT2D eigenvalue weighted by Gasteiger charge is -2.31. The van der Waals surface area contributed by atoms with E-state index in [2.05, 4.69) is 10.3 Å². The summed E-state index contributed by atoms with van der Waals surface area (Å²) in [5.74, 6) is -0.308. The molecule has 1 aliphatic heterocycles. The minimum absolute atomic E-state index is 0.0341. The van der Waals surface area contributed by atoms with Crippen LogP contribution in [0.5, 0.6) is 0 Å². The predicted molar refractivity (Wildman–Crippen MR) is 93.7 cm³/mol. The number of ether oxygens (including phenoxy) is 1. The van der Waals surface area contributed by atoms with Gasteiger partial charge >= 0.3 is 6.09 Å². The molecule has 1 aliphatic rings. The summed E-state index contributed by atoms with van der Waals surface area (Å²) in [4.78, 5) is 40.5. The summed E-state index contributed by atoms with van der Waals surface area (Å²) in [7, 11) is 0. The van der Waals surface area contributed by atoms with Gasteiger partial charge in [0.15, 0.2) is 0 Å². The number of likely N-dealkylation sites (tertiary alicyclic amines) is 1. The fourth-order valence-corrected chi connectivity index (χ4v) is 3.02. The Hall–Kier alpha value is -2.83. The van der Waals surface area contributed by atoms with E-state index in [1.54, 1.807) is 36.1 Å². The highest BCUT2D eigenvalue weighted by Gasteiger charge is 2.25. The van der Waals surface area contributed by atoms with E-state index in [4.69, 9.17) is 4.74 Å². The van der Waals surface area contributed by atoms with E-state index in [9.17, 15) is 14.4 Å². The first-order valence-corrected chi connectivity index (χ1v) is 8.43. The summed E-state index contributed by atoms with van der Waals surface area (Å²) in [6, 6.07) is 8.79. The second kappa shape index (κ2) is 7.38. The van der Waals surface area contributed by atoms with Crippen molar-refractivity contribution in [2.45, 2.75) is 25.8 Å². The number of fused-ring (bicyclic) bond motifs is 1. The number of piperidine rings is 1. The first kappa shape index (κ1) is 17.0. The molecule has 2 N–H and O–H groups in total. The molecule has 2 aromatic rings. The van der Waals surface area contributed by atoms with Crippen LogP contribution in [0.4, 0.5) is 4.79 Å². The van der Waals surface area contributed by atoms with Crippen LogP contribution in [0.3, 0.4) is 0 Å². The number of benzene rings is 1. The number of hydrogen-bond donors (Lipinski definition) is 2. The second-order valence-corrected chi connectivity index (χ2v) is 6.03. The van der Waals surface area contributed by atoms with Gasteiger partial charge in [0, 0.05) is 24.5 Å². The molecule has 7 nitrogen and oxygen atoms in total. The average Bonchev–Trinajstić information content (AvgIpc) is 2.62. The van der Waals surface area contributed by atoms with Crippen LogP contribution in [0.1, 0.15) is 30.3 Å². The number of nitrogens with one attached hydrogen (secondary N) is 2. The van der Waals surface area contributed by atoms with Crippen molar-refractivity contribution in [1.82, 2.24) is 15.2 Å². The molecule has 2 heterocycles. The van der Waals surface area contributed by atoms with Gasteiger partial charge in [0.1, 0.15) is 5.69 Å². The number of aromatic amines is 1. The van der Waals surface area contributed by atoms with Gasteiger partial charge in [-0.15, -0.1) is 0 Å². The zero-order chi connectivity index (χ0) is 17.8. The zero-order valence-electron chi connectivity index (χ0n) is 14.1. The molecule has 1 aromatic carbocycles. The molecule has 0 bridgehead atoms. The second-order valence-electron chi connectivity index (χ2n) is 6.03. The fourth-order valence-electron chi connectivity index (χ4n) is 3.02. The summed E-state index contributed by atoms with van der Waals surface area (Å²) in [6.07, 6.45) is 0.996. The number of nitrogens with zero attached hydrogens (tertiary/aromatic N) is 1. The van der Waals surface area contributed by atoms with Gasteiger partial charge in [0.05, 0.1) is 6.61 Å². The molecular formula is C18H21N3O4. The summed E-state index contributed by atoms with van der Waals surface area (Å²) in [5, 5.41) is 4.22. The Bertz CT molecular complexity index is 838. The van der Waals surface area contributed by atoms with Crippen LogP contribution in [0.2, 0.25) is 0 Å².